The van der Waals surface area contributed by atoms with Gasteiger partial charge in [0.1, 0.15) is 5.75 Å². The lowest BCUT2D eigenvalue weighted by Gasteiger charge is -2.21. The van der Waals surface area contributed by atoms with Gasteiger partial charge < -0.3 is 9.84 Å². The molecule has 0 amide bonds. The van der Waals surface area contributed by atoms with Crippen LogP contribution in [0.2, 0.25) is 0 Å². The van der Waals surface area contributed by atoms with Crippen molar-refractivity contribution < 1.29 is 19.4 Å². The SMILES string of the molecule is CC(=O)c1cnn(Cc2ccc(OC(C)(C)C(=O)O)cc2)c1. The molecule has 0 unspecified atom stereocenters. The van der Waals surface area contributed by atoms with Crippen molar-refractivity contribution >= 4 is 11.8 Å². The van der Waals surface area contributed by atoms with Crippen molar-refractivity contribution in [1.82, 2.24) is 9.78 Å². The first-order chi connectivity index (χ1) is 10.3. The molecular formula is C16H18N2O4. The van der Waals surface area contributed by atoms with Gasteiger partial charge in [0.25, 0.3) is 0 Å². The Balaban J connectivity index is 2.05. The highest BCUT2D eigenvalue weighted by Gasteiger charge is 2.29. The van der Waals surface area contributed by atoms with Crippen LogP contribution in [0.15, 0.2) is 36.7 Å². The third kappa shape index (κ3) is 3.72. The molecule has 2 rings (SSSR count). The largest absolute Gasteiger partial charge is 0.478 e. The summed E-state index contributed by atoms with van der Waals surface area (Å²) in [6, 6.07) is 7.11. The maximum atomic E-state index is 11.2. The second kappa shape index (κ2) is 6.01. The van der Waals surface area contributed by atoms with E-state index in [0.29, 0.717) is 17.9 Å². The molecule has 2 aromatic rings. The van der Waals surface area contributed by atoms with Crippen LogP contribution in [-0.2, 0) is 11.3 Å². The Kier molecular flexibility index (Phi) is 4.30. The van der Waals surface area contributed by atoms with Gasteiger partial charge in [-0.2, -0.15) is 5.10 Å². The van der Waals surface area contributed by atoms with Gasteiger partial charge >= 0.3 is 5.97 Å². The van der Waals surface area contributed by atoms with Crippen LogP contribution in [0, 0.1) is 0 Å². The van der Waals surface area contributed by atoms with Gasteiger partial charge in [-0.3, -0.25) is 9.48 Å². The fourth-order valence-corrected chi connectivity index (χ4v) is 1.82. The van der Waals surface area contributed by atoms with Crippen LogP contribution >= 0.6 is 0 Å². The van der Waals surface area contributed by atoms with E-state index in [2.05, 4.69) is 5.10 Å². The molecule has 0 spiro atoms. The highest BCUT2D eigenvalue weighted by Crippen LogP contribution is 2.19. The third-order valence-corrected chi connectivity index (χ3v) is 3.20. The monoisotopic (exact) mass is 302 g/mol. The van der Waals surface area contributed by atoms with Gasteiger partial charge in [-0.25, -0.2) is 4.79 Å². The molecule has 0 aliphatic rings. The van der Waals surface area contributed by atoms with Gasteiger partial charge in [-0.05, 0) is 38.5 Å². The predicted molar refractivity (Wildman–Crippen MR) is 80.1 cm³/mol. The van der Waals surface area contributed by atoms with Crippen LogP contribution in [0.1, 0.15) is 36.7 Å². The zero-order valence-corrected chi connectivity index (χ0v) is 12.7. The first kappa shape index (κ1) is 15.8. The second-order valence-corrected chi connectivity index (χ2v) is 5.54. The number of nitrogens with zero attached hydrogens (tertiary/aromatic N) is 2. The topological polar surface area (TPSA) is 81.4 Å². The lowest BCUT2D eigenvalue weighted by molar-refractivity contribution is -0.152. The molecule has 116 valence electrons. The Morgan fingerprint density at radius 2 is 1.91 bits per heavy atom. The molecule has 1 heterocycles. The molecule has 0 saturated heterocycles. The van der Waals surface area contributed by atoms with E-state index in [9.17, 15) is 9.59 Å². The first-order valence-electron chi connectivity index (χ1n) is 6.82. The number of hydrogen-bond donors (Lipinski definition) is 1. The Morgan fingerprint density at radius 1 is 1.27 bits per heavy atom. The van der Waals surface area contributed by atoms with Crippen molar-refractivity contribution in [2.45, 2.75) is 32.9 Å². The number of hydrogen-bond acceptors (Lipinski definition) is 4. The standard InChI is InChI=1S/C16H18N2O4/c1-11(19)13-8-17-18(10-13)9-12-4-6-14(7-5-12)22-16(2,3)15(20)21/h4-8,10H,9H2,1-3H3,(H,20,21). The molecule has 0 aliphatic carbocycles. The molecule has 1 aromatic heterocycles. The summed E-state index contributed by atoms with van der Waals surface area (Å²) >= 11 is 0. The van der Waals surface area contributed by atoms with Crippen LogP contribution in [0.5, 0.6) is 5.75 Å². The van der Waals surface area contributed by atoms with Gasteiger partial charge in [-0.1, -0.05) is 12.1 Å². The number of aromatic nitrogens is 2. The number of carboxylic acid groups (broad SMARTS) is 1. The molecular weight excluding hydrogens is 284 g/mol. The van der Waals surface area contributed by atoms with Crippen LogP contribution in [-0.4, -0.2) is 32.2 Å². The Bertz CT molecular complexity index is 686. The Hall–Kier alpha value is -2.63. The number of carbonyl (C=O) groups excluding carboxylic acids is 1. The van der Waals surface area contributed by atoms with E-state index in [-0.39, 0.29) is 5.78 Å². The fourth-order valence-electron chi connectivity index (χ4n) is 1.82. The molecule has 0 bridgehead atoms. The van der Waals surface area contributed by atoms with E-state index in [1.165, 1.54) is 27.0 Å². The predicted octanol–water partition coefficient (Wildman–Crippen LogP) is 2.38. The summed E-state index contributed by atoms with van der Waals surface area (Å²) in [5.74, 6) is -0.558. The van der Waals surface area contributed by atoms with Gasteiger partial charge in [0, 0.05) is 6.20 Å². The number of ether oxygens (including phenoxy) is 1. The average Bonchev–Trinajstić information content (AvgIpc) is 2.89. The first-order valence-corrected chi connectivity index (χ1v) is 6.82. The summed E-state index contributed by atoms with van der Waals surface area (Å²) in [5, 5.41) is 13.2. The van der Waals surface area contributed by atoms with Crippen molar-refractivity contribution in [1.29, 1.82) is 0 Å². The van der Waals surface area contributed by atoms with E-state index in [0.717, 1.165) is 5.56 Å². The molecule has 6 heteroatoms. The second-order valence-electron chi connectivity index (χ2n) is 5.54. The quantitative estimate of drug-likeness (QED) is 0.828. The number of carboxylic acids is 1. The number of carbonyl (C=O) groups is 2. The Morgan fingerprint density at radius 3 is 2.41 bits per heavy atom. The molecule has 0 aliphatic heterocycles. The lowest BCUT2D eigenvalue weighted by atomic mass is 10.1. The van der Waals surface area contributed by atoms with Crippen molar-refractivity contribution in [3.63, 3.8) is 0 Å². The highest BCUT2D eigenvalue weighted by atomic mass is 16.5. The Labute approximate surface area is 128 Å². The summed E-state index contributed by atoms with van der Waals surface area (Å²) in [6.45, 7) is 5.01. The van der Waals surface area contributed by atoms with Gasteiger partial charge in [0.2, 0.25) is 0 Å². The molecule has 22 heavy (non-hydrogen) atoms. The number of Topliss-reactive ketones (excluding diaryl/α,β-unsaturated/α-hetero) is 1. The summed E-state index contributed by atoms with van der Waals surface area (Å²) in [5.41, 5.74) is 0.265. The third-order valence-electron chi connectivity index (χ3n) is 3.20. The van der Waals surface area contributed by atoms with E-state index in [1.54, 1.807) is 23.0 Å². The van der Waals surface area contributed by atoms with E-state index in [1.807, 2.05) is 12.1 Å². The summed E-state index contributed by atoms with van der Waals surface area (Å²) in [6.07, 6.45) is 3.23. The summed E-state index contributed by atoms with van der Waals surface area (Å²) in [4.78, 5) is 22.3. The molecule has 0 radical (unpaired) electrons. The molecule has 1 N–H and O–H groups in total. The maximum absolute atomic E-state index is 11.2. The van der Waals surface area contributed by atoms with Crippen molar-refractivity contribution in [2.75, 3.05) is 0 Å². The number of benzene rings is 1. The average molecular weight is 302 g/mol. The van der Waals surface area contributed by atoms with Crippen molar-refractivity contribution in [2.24, 2.45) is 0 Å². The highest BCUT2D eigenvalue weighted by molar-refractivity contribution is 5.93. The minimum atomic E-state index is -1.28. The van der Waals surface area contributed by atoms with Gasteiger partial charge in [0.15, 0.2) is 11.4 Å². The fraction of sp³-hybridized carbons (Fsp3) is 0.312. The number of ketones is 1. The molecule has 0 fully saturated rings. The van der Waals surface area contributed by atoms with Crippen molar-refractivity contribution in [3.8, 4) is 5.75 Å². The van der Waals surface area contributed by atoms with Crippen LogP contribution in [0.25, 0.3) is 0 Å². The maximum Gasteiger partial charge on any atom is 0.347 e. The molecule has 6 nitrogen and oxygen atoms in total. The van der Waals surface area contributed by atoms with Crippen LogP contribution < -0.4 is 4.74 Å². The van der Waals surface area contributed by atoms with E-state index < -0.39 is 11.6 Å². The number of rotatable bonds is 6. The smallest absolute Gasteiger partial charge is 0.347 e. The minimum Gasteiger partial charge on any atom is -0.478 e. The molecule has 1 aromatic carbocycles. The zero-order valence-electron chi connectivity index (χ0n) is 12.7. The lowest BCUT2D eigenvalue weighted by Crippen LogP contribution is -2.37. The normalized spacial score (nSPS) is 11.2. The summed E-state index contributed by atoms with van der Waals surface area (Å²) < 4.78 is 7.11. The van der Waals surface area contributed by atoms with E-state index >= 15 is 0 Å². The number of aliphatic carboxylic acids is 1. The van der Waals surface area contributed by atoms with Crippen LogP contribution in [0.4, 0.5) is 0 Å². The van der Waals surface area contributed by atoms with E-state index in [4.69, 9.17) is 9.84 Å². The van der Waals surface area contributed by atoms with Gasteiger partial charge in [-0.15, -0.1) is 0 Å². The summed E-state index contributed by atoms with van der Waals surface area (Å²) in [7, 11) is 0. The molecule has 0 atom stereocenters. The minimum absolute atomic E-state index is 0.0223. The van der Waals surface area contributed by atoms with Gasteiger partial charge in [0.05, 0.1) is 18.3 Å². The zero-order chi connectivity index (χ0) is 16.3. The molecule has 0 saturated carbocycles. The van der Waals surface area contributed by atoms with Crippen LogP contribution in [0.3, 0.4) is 0 Å². The van der Waals surface area contributed by atoms with Crippen molar-refractivity contribution in [3.05, 3.63) is 47.8 Å².